The zero-order valence-corrected chi connectivity index (χ0v) is 14.9. The highest BCUT2D eigenvalue weighted by atomic mass is 19.4. The van der Waals surface area contributed by atoms with Crippen LogP contribution in [0.2, 0.25) is 0 Å². The number of aromatic nitrogens is 2. The van der Waals surface area contributed by atoms with Gasteiger partial charge in [0.15, 0.2) is 18.3 Å². The molecule has 0 radical (unpaired) electrons. The summed E-state index contributed by atoms with van der Waals surface area (Å²) in [5, 5.41) is 2.55. The molecule has 1 N–H and O–H groups in total. The summed E-state index contributed by atoms with van der Waals surface area (Å²) in [4.78, 5) is 19.7. The van der Waals surface area contributed by atoms with Crippen LogP contribution >= 0.6 is 0 Å². The molecule has 0 aliphatic rings. The molecule has 29 heavy (non-hydrogen) atoms. The number of carbonyl (C=O) groups is 1. The molecule has 3 aromatic rings. The summed E-state index contributed by atoms with van der Waals surface area (Å²) < 4.78 is 60.0. The second kappa shape index (κ2) is 8.72. The number of rotatable bonds is 7. The number of nitrogens with zero attached hydrogens (tertiary/aromatic N) is 2. The highest BCUT2D eigenvalue weighted by molar-refractivity contribution is 5.90. The summed E-state index contributed by atoms with van der Waals surface area (Å²) in [6.07, 6.45) is -1.68. The number of hydrogen-bond donors (Lipinski definition) is 1. The first-order chi connectivity index (χ1) is 13.8. The Balaban J connectivity index is 1.50. The van der Waals surface area contributed by atoms with Crippen molar-refractivity contribution in [1.82, 2.24) is 9.97 Å². The van der Waals surface area contributed by atoms with Crippen LogP contribution in [0.3, 0.4) is 0 Å². The quantitative estimate of drug-likeness (QED) is 0.586. The molecule has 2 aromatic heterocycles. The molecule has 1 amide bonds. The minimum atomic E-state index is -4.46. The number of pyridine rings is 1. The van der Waals surface area contributed by atoms with Crippen LogP contribution in [-0.2, 0) is 11.2 Å². The SMILES string of the molecule is O=C(CCc1ncc(-c2ccccc2F)o1)Nc1ccc(OCC(F)(F)F)nc1. The molecule has 0 saturated heterocycles. The predicted octanol–water partition coefficient (Wildman–Crippen LogP) is 4.39. The Bertz CT molecular complexity index is 971. The van der Waals surface area contributed by atoms with E-state index in [0.29, 0.717) is 5.69 Å². The van der Waals surface area contributed by atoms with Gasteiger partial charge in [0.25, 0.3) is 0 Å². The topological polar surface area (TPSA) is 77.2 Å². The van der Waals surface area contributed by atoms with E-state index >= 15 is 0 Å². The van der Waals surface area contributed by atoms with Gasteiger partial charge in [0, 0.05) is 18.9 Å². The lowest BCUT2D eigenvalue weighted by Gasteiger charge is -2.09. The maximum Gasteiger partial charge on any atom is 0.422 e. The zero-order valence-electron chi connectivity index (χ0n) is 14.9. The molecule has 0 aliphatic carbocycles. The summed E-state index contributed by atoms with van der Waals surface area (Å²) in [6.45, 7) is -1.45. The molecular weight excluding hydrogens is 394 g/mol. The Hall–Kier alpha value is -3.43. The molecule has 10 heteroatoms. The Labute approximate surface area is 162 Å². The number of aryl methyl sites for hydroxylation is 1. The fourth-order valence-corrected chi connectivity index (χ4v) is 2.35. The first kappa shape index (κ1) is 20.3. The molecule has 0 spiro atoms. The molecule has 6 nitrogen and oxygen atoms in total. The van der Waals surface area contributed by atoms with Gasteiger partial charge < -0.3 is 14.5 Å². The van der Waals surface area contributed by atoms with E-state index in [1.807, 2.05) is 0 Å². The van der Waals surface area contributed by atoms with Gasteiger partial charge in [0.2, 0.25) is 11.8 Å². The highest BCUT2D eigenvalue weighted by Crippen LogP contribution is 2.23. The van der Waals surface area contributed by atoms with E-state index in [0.717, 1.165) is 0 Å². The minimum Gasteiger partial charge on any atom is -0.468 e. The van der Waals surface area contributed by atoms with Crippen LogP contribution in [0.1, 0.15) is 12.3 Å². The van der Waals surface area contributed by atoms with Gasteiger partial charge in [-0.1, -0.05) is 12.1 Å². The van der Waals surface area contributed by atoms with Crippen LogP contribution in [-0.4, -0.2) is 28.7 Å². The van der Waals surface area contributed by atoms with Crippen molar-refractivity contribution in [2.24, 2.45) is 0 Å². The number of ether oxygens (including phenoxy) is 1. The standard InChI is InChI=1S/C19H15F4N3O3/c20-14-4-2-1-3-13(14)15-10-25-18(29-15)8-6-16(27)26-12-5-7-17(24-9-12)28-11-19(21,22)23/h1-5,7,9-10H,6,8,11H2,(H,26,27). The normalized spacial score (nSPS) is 11.3. The number of anilines is 1. The van der Waals surface area contributed by atoms with Crippen molar-refractivity contribution in [1.29, 1.82) is 0 Å². The molecule has 0 fully saturated rings. The van der Waals surface area contributed by atoms with E-state index in [4.69, 9.17) is 4.42 Å². The average Bonchev–Trinajstić information content (AvgIpc) is 3.14. The Kier molecular flexibility index (Phi) is 6.10. The number of halogens is 4. The maximum atomic E-state index is 13.8. The van der Waals surface area contributed by atoms with Crippen molar-refractivity contribution in [2.75, 3.05) is 11.9 Å². The van der Waals surface area contributed by atoms with Gasteiger partial charge in [-0.25, -0.2) is 14.4 Å². The smallest absolute Gasteiger partial charge is 0.422 e. The fourth-order valence-electron chi connectivity index (χ4n) is 2.35. The number of amides is 1. The molecule has 152 valence electrons. The van der Waals surface area contributed by atoms with Crippen LogP contribution in [0.15, 0.2) is 53.2 Å². The molecule has 0 atom stereocenters. The Morgan fingerprint density at radius 2 is 1.90 bits per heavy atom. The second-order valence-corrected chi connectivity index (χ2v) is 5.94. The van der Waals surface area contributed by atoms with E-state index < -0.39 is 18.6 Å². The van der Waals surface area contributed by atoms with Gasteiger partial charge in [-0.2, -0.15) is 13.2 Å². The van der Waals surface area contributed by atoms with Gasteiger partial charge in [0.1, 0.15) is 5.82 Å². The predicted molar refractivity (Wildman–Crippen MR) is 94.6 cm³/mol. The van der Waals surface area contributed by atoms with Crippen LogP contribution in [0, 0.1) is 5.82 Å². The third-order valence-corrected chi connectivity index (χ3v) is 3.66. The van der Waals surface area contributed by atoms with E-state index in [1.54, 1.807) is 18.2 Å². The first-order valence-corrected chi connectivity index (χ1v) is 8.45. The zero-order chi connectivity index (χ0) is 20.9. The monoisotopic (exact) mass is 409 g/mol. The molecular formula is C19H15F4N3O3. The largest absolute Gasteiger partial charge is 0.468 e. The van der Waals surface area contributed by atoms with Crippen molar-refractivity contribution in [2.45, 2.75) is 19.0 Å². The summed E-state index contributed by atoms with van der Waals surface area (Å²) in [5.41, 5.74) is 0.573. The maximum absolute atomic E-state index is 13.8. The van der Waals surface area contributed by atoms with Crippen molar-refractivity contribution in [3.8, 4) is 17.2 Å². The second-order valence-electron chi connectivity index (χ2n) is 5.94. The van der Waals surface area contributed by atoms with E-state index in [9.17, 15) is 22.4 Å². The number of nitrogens with one attached hydrogen (secondary N) is 1. The fraction of sp³-hybridized carbons (Fsp3) is 0.211. The van der Waals surface area contributed by atoms with Crippen molar-refractivity contribution in [3.05, 3.63) is 60.5 Å². The average molecular weight is 409 g/mol. The number of benzene rings is 1. The Morgan fingerprint density at radius 1 is 1.10 bits per heavy atom. The first-order valence-electron chi connectivity index (χ1n) is 8.45. The lowest BCUT2D eigenvalue weighted by atomic mass is 10.2. The molecule has 0 unspecified atom stereocenters. The van der Waals surface area contributed by atoms with Crippen LogP contribution in [0.25, 0.3) is 11.3 Å². The van der Waals surface area contributed by atoms with Crippen LogP contribution < -0.4 is 10.1 Å². The summed E-state index contributed by atoms with van der Waals surface area (Å²) in [6, 6.07) is 8.68. The third-order valence-electron chi connectivity index (χ3n) is 3.66. The van der Waals surface area contributed by atoms with Crippen molar-refractivity contribution < 1.29 is 31.5 Å². The molecule has 2 heterocycles. The lowest BCUT2D eigenvalue weighted by molar-refractivity contribution is -0.154. The van der Waals surface area contributed by atoms with Gasteiger partial charge >= 0.3 is 6.18 Å². The minimum absolute atomic E-state index is 0.0313. The summed E-state index contributed by atoms with van der Waals surface area (Å²) in [7, 11) is 0. The van der Waals surface area contributed by atoms with Crippen molar-refractivity contribution >= 4 is 11.6 Å². The third kappa shape index (κ3) is 6.03. The van der Waals surface area contributed by atoms with E-state index in [-0.39, 0.29) is 41.8 Å². The van der Waals surface area contributed by atoms with Crippen LogP contribution in [0.4, 0.5) is 23.2 Å². The van der Waals surface area contributed by atoms with E-state index in [2.05, 4.69) is 20.0 Å². The van der Waals surface area contributed by atoms with Gasteiger partial charge in [0.05, 0.1) is 23.6 Å². The molecule has 0 bridgehead atoms. The van der Waals surface area contributed by atoms with Gasteiger partial charge in [-0.05, 0) is 18.2 Å². The summed E-state index contributed by atoms with van der Waals surface area (Å²) in [5.74, 6) is -0.491. The number of alkyl halides is 3. The number of carbonyl (C=O) groups excluding carboxylic acids is 1. The molecule has 0 aliphatic heterocycles. The Morgan fingerprint density at radius 3 is 2.59 bits per heavy atom. The molecule has 1 aromatic carbocycles. The van der Waals surface area contributed by atoms with Crippen LogP contribution in [0.5, 0.6) is 5.88 Å². The number of hydrogen-bond acceptors (Lipinski definition) is 5. The highest BCUT2D eigenvalue weighted by Gasteiger charge is 2.28. The molecule has 3 rings (SSSR count). The lowest BCUT2D eigenvalue weighted by Crippen LogP contribution is -2.19. The van der Waals surface area contributed by atoms with Gasteiger partial charge in [-0.3, -0.25) is 4.79 Å². The van der Waals surface area contributed by atoms with Gasteiger partial charge in [-0.15, -0.1) is 0 Å². The van der Waals surface area contributed by atoms with E-state index in [1.165, 1.54) is 30.6 Å². The number of oxazole rings is 1. The van der Waals surface area contributed by atoms with Crippen molar-refractivity contribution in [3.63, 3.8) is 0 Å². The summed E-state index contributed by atoms with van der Waals surface area (Å²) >= 11 is 0. The molecule has 0 saturated carbocycles.